The first-order valence-electron chi connectivity index (χ1n) is 8.49. The molecule has 3 aromatic rings. The van der Waals surface area contributed by atoms with Crippen molar-refractivity contribution in [1.29, 1.82) is 5.26 Å². The molecule has 4 nitrogen and oxygen atoms in total. The first-order valence-corrected chi connectivity index (χ1v) is 8.49. The fourth-order valence-corrected chi connectivity index (χ4v) is 2.95. The number of para-hydroxylation sites is 1. The van der Waals surface area contributed by atoms with E-state index in [0.29, 0.717) is 22.9 Å². The number of hydrogen-bond donors (Lipinski definition) is 1. The molecule has 2 N–H and O–H groups in total. The summed E-state index contributed by atoms with van der Waals surface area (Å²) in [6.45, 7) is 4.31. The zero-order chi connectivity index (χ0) is 18.7. The van der Waals surface area contributed by atoms with E-state index in [1.165, 1.54) is 5.56 Å². The van der Waals surface area contributed by atoms with Crippen molar-refractivity contribution < 1.29 is 4.74 Å². The van der Waals surface area contributed by atoms with Crippen LogP contribution in [0.25, 0.3) is 22.4 Å². The Bertz CT molecular complexity index is 970. The number of benzene rings is 2. The number of aromatic nitrogens is 1. The number of rotatable bonds is 4. The molecule has 0 amide bonds. The van der Waals surface area contributed by atoms with Gasteiger partial charge in [-0.3, -0.25) is 0 Å². The summed E-state index contributed by atoms with van der Waals surface area (Å²) in [5.41, 5.74) is 11.0. The predicted octanol–water partition coefficient (Wildman–Crippen LogP) is 5.00. The van der Waals surface area contributed by atoms with Crippen molar-refractivity contribution in [3.8, 4) is 34.2 Å². The summed E-state index contributed by atoms with van der Waals surface area (Å²) >= 11 is 0. The van der Waals surface area contributed by atoms with E-state index in [1.807, 2.05) is 42.5 Å². The lowest BCUT2D eigenvalue weighted by molar-refractivity contribution is 0.416. The number of methoxy groups -OCH3 is 1. The third-order valence-electron chi connectivity index (χ3n) is 4.43. The zero-order valence-corrected chi connectivity index (χ0v) is 15.2. The quantitative estimate of drug-likeness (QED) is 0.723. The summed E-state index contributed by atoms with van der Waals surface area (Å²) in [6, 6.07) is 19.9. The first kappa shape index (κ1) is 17.5. The van der Waals surface area contributed by atoms with Crippen LogP contribution in [-0.4, -0.2) is 12.1 Å². The Hall–Kier alpha value is -3.32. The molecule has 0 aliphatic heterocycles. The Kier molecular flexibility index (Phi) is 4.90. The Labute approximate surface area is 153 Å². The lowest BCUT2D eigenvalue weighted by Crippen LogP contribution is -2.00. The maximum absolute atomic E-state index is 9.57. The number of hydrogen-bond acceptors (Lipinski definition) is 4. The SMILES string of the molecule is COc1ccccc1-c1cc(-c2ccc(C(C)C)cc2)c(C#N)c(N)n1. The molecule has 0 bridgehead atoms. The van der Waals surface area contributed by atoms with Gasteiger partial charge < -0.3 is 10.5 Å². The van der Waals surface area contributed by atoms with Gasteiger partial charge in [0.05, 0.1) is 12.8 Å². The molecule has 0 aliphatic rings. The van der Waals surface area contributed by atoms with Crippen LogP contribution < -0.4 is 10.5 Å². The molecule has 0 aliphatic carbocycles. The van der Waals surface area contributed by atoms with Crippen LogP contribution in [0.3, 0.4) is 0 Å². The van der Waals surface area contributed by atoms with Crippen molar-refractivity contribution in [2.45, 2.75) is 19.8 Å². The molecule has 0 radical (unpaired) electrons. The summed E-state index contributed by atoms with van der Waals surface area (Å²) in [5.74, 6) is 1.38. The molecule has 3 rings (SSSR count). The standard InChI is InChI=1S/C22H21N3O/c1-14(2)15-8-10-16(11-9-15)18-12-20(25-22(24)19(18)13-23)17-6-4-5-7-21(17)26-3/h4-12,14H,1-3H3,(H2,24,25). The number of nitrogens with zero attached hydrogens (tertiary/aromatic N) is 2. The van der Waals surface area contributed by atoms with Crippen LogP contribution in [-0.2, 0) is 0 Å². The zero-order valence-electron chi connectivity index (χ0n) is 15.2. The minimum Gasteiger partial charge on any atom is -0.496 e. The van der Waals surface area contributed by atoms with Gasteiger partial charge in [-0.1, -0.05) is 50.2 Å². The number of ether oxygens (including phenoxy) is 1. The molecular weight excluding hydrogens is 322 g/mol. The number of anilines is 1. The molecular formula is C22H21N3O. The highest BCUT2D eigenvalue weighted by Crippen LogP contribution is 2.35. The van der Waals surface area contributed by atoms with Crippen molar-refractivity contribution in [2.24, 2.45) is 0 Å². The molecule has 0 saturated carbocycles. The van der Waals surface area contributed by atoms with Gasteiger partial charge in [-0.25, -0.2) is 4.98 Å². The second-order valence-corrected chi connectivity index (χ2v) is 6.40. The third-order valence-corrected chi connectivity index (χ3v) is 4.43. The van der Waals surface area contributed by atoms with Gasteiger partial charge in [0.15, 0.2) is 0 Å². The fraction of sp³-hybridized carbons (Fsp3) is 0.182. The Morgan fingerprint density at radius 3 is 2.35 bits per heavy atom. The third kappa shape index (κ3) is 3.25. The van der Waals surface area contributed by atoms with E-state index >= 15 is 0 Å². The topological polar surface area (TPSA) is 71.9 Å². The summed E-state index contributed by atoms with van der Waals surface area (Å²) in [4.78, 5) is 4.43. The summed E-state index contributed by atoms with van der Waals surface area (Å²) in [5, 5.41) is 9.57. The second-order valence-electron chi connectivity index (χ2n) is 6.40. The van der Waals surface area contributed by atoms with Gasteiger partial charge in [-0.2, -0.15) is 5.26 Å². The van der Waals surface area contributed by atoms with E-state index in [9.17, 15) is 5.26 Å². The van der Waals surface area contributed by atoms with Crippen molar-refractivity contribution >= 4 is 5.82 Å². The molecule has 0 fully saturated rings. The van der Waals surface area contributed by atoms with Crippen molar-refractivity contribution in [1.82, 2.24) is 4.98 Å². The minimum absolute atomic E-state index is 0.221. The molecule has 1 heterocycles. The largest absolute Gasteiger partial charge is 0.496 e. The number of pyridine rings is 1. The highest BCUT2D eigenvalue weighted by Gasteiger charge is 2.15. The normalized spacial score (nSPS) is 10.6. The smallest absolute Gasteiger partial charge is 0.142 e. The van der Waals surface area contributed by atoms with Crippen LogP contribution in [0.2, 0.25) is 0 Å². The van der Waals surface area contributed by atoms with Crippen LogP contribution in [0.5, 0.6) is 5.75 Å². The Morgan fingerprint density at radius 2 is 1.73 bits per heavy atom. The van der Waals surface area contributed by atoms with E-state index in [-0.39, 0.29) is 5.82 Å². The van der Waals surface area contributed by atoms with Crippen LogP contribution in [0.1, 0.15) is 30.9 Å². The van der Waals surface area contributed by atoms with Crippen molar-refractivity contribution in [3.05, 3.63) is 65.7 Å². The average Bonchev–Trinajstić information content (AvgIpc) is 2.67. The fourth-order valence-electron chi connectivity index (χ4n) is 2.95. The van der Waals surface area contributed by atoms with E-state index in [4.69, 9.17) is 10.5 Å². The molecule has 0 unspecified atom stereocenters. The number of nitriles is 1. The van der Waals surface area contributed by atoms with Crippen LogP contribution in [0.4, 0.5) is 5.82 Å². The van der Waals surface area contributed by atoms with Gasteiger partial charge in [-0.05, 0) is 35.2 Å². The lowest BCUT2D eigenvalue weighted by atomic mass is 9.95. The van der Waals surface area contributed by atoms with Crippen molar-refractivity contribution in [2.75, 3.05) is 12.8 Å². The average molecular weight is 343 g/mol. The molecule has 130 valence electrons. The highest BCUT2D eigenvalue weighted by atomic mass is 16.5. The van der Waals surface area contributed by atoms with Gasteiger partial charge in [0.25, 0.3) is 0 Å². The number of nitrogen functional groups attached to an aromatic ring is 1. The van der Waals surface area contributed by atoms with Crippen molar-refractivity contribution in [3.63, 3.8) is 0 Å². The summed E-state index contributed by atoms with van der Waals surface area (Å²) < 4.78 is 5.44. The molecule has 26 heavy (non-hydrogen) atoms. The van der Waals surface area contributed by atoms with E-state index in [1.54, 1.807) is 7.11 Å². The minimum atomic E-state index is 0.221. The number of nitrogens with two attached hydrogens (primary N) is 1. The Morgan fingerprint density at radius 1 is 1.04 bits per heavy atom. The van der Waals surface area contributed by atoms with Crippen LogP contribution in [0, 0.1) is 11.3 Å². The molecule has 0 atom stereocenters. The van der Waals surface area contributed by atoms with E-state index < -0.39 is 0 Å². The monoisotopic (exact) mass is 343 g/mol. The molecule has 2 aromatic carbocycles. The molecule has 0 saturated heterocycles. The molecule has 0 spiro atoms. The maximum Gasteiger partial charge on any atom is 0.142 e. The van der Waals surface area contributed by atoms with E-state index in [2.05, 4.69) is 37.0 Å². The maximum atomic E-state index is 9.57. The second kappa shape index (κ2) is 7.28. The van der Waals surface area contributed by atoms with E-state index in [0.717, 1.165) is 16.7 Å². The van der Waals surface area contributed by atoms with Gasteiger partial charge in [0.2, 0.25) is 0 Å². The Balaban J connectivity index is 2.19. The van der Waals surface area contributed by atoms with Crippen LogP contribution >= 0.6 is 0 Å². The lowest BCUT2D eigenvalue weighted by Gasteiger charge is -2.13. The summed E-state index contributed by atoms with van der Waals surface area (Å²) in [7, 11) is 1.62. The predicted molar refractivity (Wildman–Crippen MR) is 105 cm³/mol. The van der Waals surface area contributed by atoms with Gasteiger partial charge in [0, 0.05) is 11.1 Å². The molecule has 4 heteroatoms. The molecule has 1 aromatic heterocycles. The van der Waals surface area contributed by atoms with Gasteiger partial charge >= 0.3 is 0 Å². The highest BCUT2D eigenvalue weighted by molar-refractivity contribution is 5.81. The first-order chi connectivity index (χ1) is 12.5. The van der Waals surface area contributed by atoms with Gasteiger partial charge in [0.1, 0.15) is 23.2 Å². The summed E-state index contributed by atoms with van der Waals surface area (Å²) in [6.07, 6.45) is 0. The van der Waals surface area contributed by atoms with Crippen LogP contribution in [0.15, 0.2) is 54.6 Å². The van der Waals surface area contributed by atoms with Gasteiger partial charge in [-0.15, -0.1) is 0 Å².